The van der Waals surface area contributed by atoms with E-state index in [2.05, 4.69) is 4.74 Å². The molecule has 0 radical (unpaired) electrons. The van der Waals surface area contributed by atoms with Gasteiger partial charge in [0.15, 0.2) is 0 Å². The van der Waals surface area contributed by atoms with Gasteiger partial charge in [0, 0.05) is 12.1 Å². The zero-order chi connectivity index (χ0) is 14.3. The normalized spacial score (nSPS) is 13.0. The van der Waals surface area contributed by atoms with Crippen molar-refractivity contribution in [1.82, 2.24) is 0 Å². The van der Waals surface area contributed by atoms with E-state index in [4.69, 9.17) is 0 Å². The summed E-state index contributed by atoms with van der Waals surface area (Å²) in [7, 11) is 0. The van der Waals surface area contributed by atoms with E-state index in [0.717, 1.165) is 0 Å². The monoisotopic (exact) mass is 269 g/mol. The summed E-state index contributed by atoms with van der Waals surface area (Å²) in [5.74, 6) is -1.32. The molecular weight excluding hydrogens is 262 g/mol. The number of hydrogen-bond donors (Lipinski definition) is 0. The van der Waals surface area contributed by atoms with Gasteiger partial charge in [-0.15, -0.1) is 0 Å². The van der Waals surface area contributed by atoms with Crippen LogP contribution in [0.1, 0.15) is 20.7 Å². The smallest absolute Gasteiger partial charge is 0.346 e. The molecule has 0 fully saturated rings. The first-order valence-corrected chi connectivity index (χ1v) is 5.71. The fraction of sp³-hybridized carbons (Fsp3) is 0. The Morgan fingerprint density at radius 3 is 2.10 bits per heavy atom. The third-order valence-electron chi connectivity index (χ3n) is 3.06. The molecule has 1 heterocycles. The number of cyclic esters (lactones) is 2. The quantitative estimate of drug-likeness (QED) is 0.362. The second kappa shape index (κ2) is 4.27. The topological polar surface area (TPSA) is 86.5 Å². The van der Waals surface area contributed by atoms with E-state index < -0.39 is 16.9 Å². The van der Waals surface area contributed by atoms with Gasteiger partial charge < -0.3 is 4.74 Å². The van der Waals surface area contributed by atoms with Gasteiger partial charge in [-0.25, -0.2) is 9.59 Å². The van der Waals surface area contributed by atoms with Crippen LogP contribution in [0.4, 0.5) is 5.69 Å². The minimum absolute atomic E-state index is 0.00972. The molecule has 1 aliphatic heterocycles. The number of esters is 2. The van der Waals surface area contributed by atoms with Crippen molar-refractivity contribution in [3.63, 3.8) is 0 Å². The molecule has 0 bridgehead atoms. The zero-order valence-electron chi connectivity index (χ0n) is 10.0. The van der Waals surface area contributed by atoms with Crippen LogP contribution in [0.15, 0.2) is 42.5 Å². The van der Waals surface area contributed by atoms with Gasteiger partial charge in [0.2, 0.25) is 0 Å². The van der Waals surface area contributed by atoms with Crippen LogP contribution in [-0.2, 0) is 4.74 Å². The van der Waals surface area contributed by atoms with Gasteiger partial charge >= 0.3 is 11.9 Å². The molecule has 0 N–H and O–H groups in total. The highest BCUT2D eigenvalue weighted by molar-refractivity contribution is 6.15. The minimum atomic E-state index is -0.672. The van der Waals surface area contributed by atoms with Gasteiger partial charge in [0.25, 0.3) is 5.69 Å². The van der Waals surface area contributed by atoms with Gasteiger partial charge in [-0.3, -0.25) is 10.1 Å². The molecular formula is C14H7NO5. The van der Waals surface area contributed by atoms with Crippen molar-refractivity contribution in [2.45, 2.75) is 0 Å². The van der Waals surface area contributed by atoms with Crippen molar-refractivity contribution in [3.05, 3.63) is 63.7 Å². The molecule has 0 atom stereocenters. The Morgan fingerprint density at radius 1 is 0.850 bits per heavy atom. The lowest BCUT2D eigenvalue weighted by Crippen LogP contribution is -1.96. The number of fused-ring (bicyclic) bond motifs is 1. The van der Waals surface area contributed by atoms with Crippen molar-refractivity contribution in [3.8, 4) is 11.1 Å². The summed E-state index contributed by atoms with van der Waals surface area (Å²) in [5.41, 5.74) is 1.84. The molecule has 6 nitrogen and oxygen atoms in total. The van der Waals surface area contributed by atoms with Gasteiger partial charge in [0.05, 0.1) is 16.1 Å². The number of ether oxygens (including phenoxy) is 1. The van der Waals surface area contributed by atoms with Crippen molar-refractivity contribution < 1.29 is 19.2 Å². The fourth-order valence-electron chi connectivity index (χ4n) is 2.04. The van der Waals surface area contributed by atoms with Gasteiger partial charge in [0.1, 0.15) is 0 Å². The predicted octanol–water partition coefficient (Wildman–Crippen LogP) is 2.57. The number of carbonyl (C=O) groups is 2. The van der Waals surface area contributed by atoms with Crippen LogP contribution < -0.4 is 0 Å². The summed E-state index contributed by atoms with van der Waals surface area (Å²) < 4.78 is 4.51. The van der Waals surface area contributed by atoms with Crippen LogP contribution in [0, 0.1) is 10.1 Å². The van der Waals surface area contributed by atoms with E-state index >= 15 is 0 Å². The van der Waals surface area contributed by atoms with Crippen LogP contribution >= 0.6 is 0 Å². The molecule has 0 saturated carbocycles. The summed E-state index contributed by atoms with van der Waals surface area (Å²) in [6.45, 7) is 0. The first-order valence-electron chi connectivity index (χ1n) is 5.71. The van der Waals surface area contributed by atoms with Gasteiger partial charge in [-0.05, 0) is 35.4 Å². The number of non-ortho nitro benzene ring substituents is 1. The maximum absolute atomic E-state index is 11.5. The average molecular weight is 269 g/mol. The van der Waals surface area contributed by atoms with E-state index in [-0.39, 0.29) is 16.8 Å². The number of nitrogens with zero attached hydrogens (tertiary/aromatic N) is 1. The molecule has 0 aromatic heterocycles. The Labute approximate surface area is 112 Å². The van der Waals surface area contributed by atoms with Crippen molar-refractivity contribution >= 4 is 17.6 Å². The molecule has 3 rings (SSSR count). The van der Waals surface area contributed by atoms with Crippen LogP contribution in [0.5, 0.6) is 0 Å². The standard InChI is InChI=1S/C14H7NO5/c16-13-11-6-3-9(7-12(11)14(17)20-13)8-1-4-10(5-2-8)15(18)19/h1-7H. The molecule has 2 aromatic rings. The average Bonchev–Trinajstić information content (AvgIpc) is 2.74. The third kappa shape index (κ3) is 1.83. The molecule has 1 aliphatic rings. The SMILES string of the molecule is O=C1OC(=O)c2cc(-c3ccc([N+](=O)[O-])cc3)ccc21. The number of rotatable bonds is 2. The Bertz CT molecular complexity index is 749. The third-order valence-corrected chi connectivity index (χ3v) is 3.06. The largest absolute Gasteiger partial charge is 0.386 e. The second-order valence-corrected chi connectivity index (χ2v) is 4.24. The molecule has 0 amide bonds. The molecule has 6 heteroatoms. The van der Waals surface area contributed by atoms with E-state index in [9.17, 15) is 19.7 Å². The van der Waals surface area contributed by atoms with Crippen LogP contribution in [0.3, 0.4) is 0 Å². The highest BCUT2D eigenvalue weighted by Crippen LogP contribution is 2.28. The molecule has 0 unspecified atom stereocenters. The minimum Gasteiger partial charge on any atom is -0.386 e. The Hall–Kier alpha value is -3.02. The van der Waals surface area contributed by atoms with Crippen molar-refractivity contribution in [1.29, 1.82) is 0 Å². The second-order valence-electron chi connectivity index (χ2n) is 4.24. The molecule has 0 aliphatic carbocycles. The Kier molecular flexibility index (Phi) is 2.57. The lowest BCUT2D eigenvalue weighted by atomic mass is 10.00. The fourth-order valence-corrected chi connectivity index (χ4v) is 2.04. The molecule has 0 spiro atoms. The molecule has 2 aromatic carbocycles. The molecule has 20 heavy (non-hydrogen) atoms. The summed E-state index contributed by atoms with van der Waals surface area (Å²) >= 11 is 0. The summed E-state index contributed by atoms with van der Waals surface area (Å²) in [4.78, 5) is 32.9. The number of carbonyl (C=O) groups excluding carboxylic acids is 2. The Balaban J connectivity index is 2.03. The highest BCUT2D eigenvalue weighted by atomic mass is 16.6. The first-order chi connectivity index (χ1) is 9.56. The van der Waals surface area contributed by atoms with E-state index in [1.54, 1.807) is 24.3 Å². The highest BCUT2D eigenvalue weighted by Gasteiger charge is 2.29. The van der Waals surface area contributed by atoms with Gasteiger partial charge in [-0.1, -0.05) is 6.07 Å². The Morgan fingerprint density at radius 2 is 1.45 bits per heavy atom. The lowest BCUT2D eigenvalue weighted by molar-refractivity contribution is -0.384. The van der Waals surface area contributed by atoms with Gasteiger partial charge in [-0.2, -0.15) is 0 Å². The van der Waals surface area contributed by atoms with Crippen LogP contribution in [0.2, 0.25) is 0 Å². The lowest BCUT2D eigenvalue weighted by Gasteiger charge is -2.02. The summed E-state index contributed by atoms with van der Waals surface area (Å²) in [5, 5.41) is 10.6. The summed E-state index contributed by atoms with van der Waals surface area (Å²) in [6, 6.07) is 10.7. The maximum atomic E-state index is 11.5. The predicted molar refractivity (Wildman–Crippen MR) is 68.3 cm³/mol. The maximum Gasteiger partial charge on any atom is 0.346 e. The number of nitro groups is 1. The zero-order valence-corrected chi connectivity index (χ0v) is 10.0. The van der Waals surface area contributed by atoms with Crippen molar-refractivity contribution in [2.24, 2.45) is 0 Å². The van der Waals surface area contributed by atoms with Crippen LogP contribution in [0.25, 0.3) is 11.1 Å². The van der Waals surface area contributed by atoms with E-state index in [0.29, 0.717) is 11.1 Å². The van der Waals surface area contributed by atoms with Crippen LogP contribution in [-0.4, -0.2) is 16.9 Å². The van der Waals surface area contributed by atoms with Crippen molar-refractivity contribution in [2.75, 3.05) is 0 Å². The first kappa shape index (κ1) is 12.0. The van der Waals surface area contributed by atoms with E-state index in [1.807, 2.05) is 0 Å². The molecule has 98 valence electrons. The number of nitro benzene ring substituents is 1. The number of hydrogen-bond acceptors (Lipinski definition) is 5. The number of benzene rings is 2. The van der Waals surface area contributed by atoms with E-state index in [1.165, 1.54) is 18.2 Å². The summed E-state index contributed by atoms with van der Waals surface area (Å²) in [6.07, 6.45) is 0. The molecule has 0 saturated heterocycles.